The minimum absolute atomic E-state index is 0.350. The van der Waals surface area contributed by atoms with E-state index in [1.54, 1.807) is 18.2 Å². The summed E-state index contributed by atoms with van der Waals surface area (Å²) in [7, 11) is 0. The highest BCUT2D eigenvalue weighted by molar-refractivity contribution is 5.78. The van der Waals surface area contributed by atoms with Crippen molar-refractivity contribution in [1.82, 2.24) is 0 Å². The van der Waals surface area contributed by atoms with E-state index in [2.05, 4.69) is 0 Å². The Kier molecular flexibility index (Phi) is 2.30. The maximum absolute atomic E-state index is 11.0. The maximum Gasteiger partial charge on any atom is 0.311 e. The van der Waals surface area contributed by atoms with Gasteiger partial charge in [0.1, 0.15) is 11.8 Å². The Bertz CT molecular complexity index is 448. The lowest BCUT2D eigenvalue weighted by Gasteiger charge is -2.23. The molecule has 0 bridgehead atoms. The van der Waals surface area contributed by atoms with Gasteiger partial charge in [-0.05, 0) is 12.5 Å². The molecule has 4 nitrogen and oxygen atoms in total. The van der Waals surface area contributed by atoms with Gasteiger partial charge in [0.05, 0.1) is 18.1 Å². The zero-order valence-corrected chi connectivity index (χ0v) is 7.93. The summed E-state index contributed by atoms with van der Waals surface area (Å²) >= 11 is 0. The summed E-state index contributed by atoms with van der Waals surface area (Å²) in [6, 6.07) is 7.01. The van der Waals surface area contributed by atoms with Crippen molar-refractivity contribution in [2.45, 2.75) is 12.3 Å². The summed E-state index contributed by atoms with van der Waals surface area (Å²) in [6.45, 7) is 0.350. The van der Waals surface area contributed by atoms with E-state index >= 15 is 0 Å². The molecule has 76 valence electrons. The van der Waals surface area contributed by atoms with Crippen molar-refractivity contribution in [3.8, 4) is 11.8 Å². The third-order valence-corrected chi connectivity index (χ3v) is 2.49. The summed E-state index contributed by atoms with van der Waals surface area (Å²) in [4.78, 5) is 11.0. The quantitative estimate of drug-likeness (QED) is 0.751. The molecular weight excluding hydrogens is 194 g/mol. The van der Waals surface area contributed by atoms with Crippen molar-refractivity contribution in [2.75, 3.05) is 6.61 Å². The van der Waals surface area contributed by atoms with Crippen LogP contribution in [-0.4, -0.2) is 17.7 Å². The molecule has 0 aliphatic carbocycles. The molecule has 1 N–H and O–H groups in total. The van der Waals surface area contributed by atoms with Crippen molar-refractivity contribution in [2.24, 2.45) is 0 Å². The van der Waals surface area contributed by atoms with Gasteiger partial charge in [-0.15, -0.1) is 0 Å². The molecule has 2 rings (SSSR count). The second-order valence-electron chi connectivity index (χ2n) is 3.36. The highest BCUT2D eigenvalue weighted by atomic mass is 16.5. The molecule has 1 aliphatic rings. The predicted octanol–water partition coefficient (Wildman–Crippen LogP) is 1.51. The first-order valence-electron chi connectivity index (χ1n) is 4.62. The number of carboxylic acids is 1. The highest BCUT2D eigenvalue weighted by Gasteiger charge is 2.28. The SMILES string of the molecule is N#Cc1cccc2c1OCC[C@@H]2C(=O)O. The van der Waals surface area contributed by atoms with Crippen LogP contribution in [-0.2, 0) is 4.79 Å². The van der Waals surface area contributed by atoms with Crippen LogP contribution in [0.5, 0.6) is 5.75 Å². The van der Waals surface area contributed by atoms with E-state index in [0.717, 1.165) is 0 Å². The van der Waals surface area contributed by atoms with Gasteiger partial charge in [-0.2, -0.15) is 5.26 Å². The molecule has 15 heavy (non-hydrogen) atoms. The first-order chi connectivity index (χ1) is 7.24. The smallest absolute Gasteiger partial charge is 0.311 e. The van der Waals surface area contributed by atoms with Crippen molar-refractivity contribution in [1.29, 1.82) is 5.26 Å². The van der Waals surface area contributed by atoms with Gasteiger partial charge in [-0.25, -0.2) is 0 Å². The average Bonchev–Trinajstić information content (AvgIpc) is 2.27. The minimum atomic E-state index is -0.866. The standard InChI is InChI=1S/C11H9NO3/c12-6-7-2-1-3-8-9(11(13)14)4-5-15-10(7)8/h1-3,9H,4-5H2,(H,13,14)/t9-/m0/s1. The van der Waals surface area contributed by atoms with Crippen molar-refractivity contribution < 1.29 is 14.6 Å². The Balaban J connectivity index is 2.54. The van der Waals surface area contributed by atoms with Crippen LogP contribution >= 0.6 is 0 Å². The Labute approximate surface area is 86.7 Å². The largest absolute Gasteiger partial charge is 0.492 e. The van der Waals surface area contributed by atoms with E-state index in [4.69, 9.17) is 15.1 Å². The fourth-order valence-corrected chi connectivity index (χ4v) is 1.77. The molecular formula is C11H9NO3. The van der Waals surface area contributed by atoms with Crippen LogP contribution < -0.4 is 4.74 Å². The number of hydrogen-bond acceptors (Lipinski definition) is 3. The van der Waals surface area contributed by atoms with Crippen LogP contribution in [0.25, 0.3) is 0 Å². The van der Waals surface area contributed by atoms with Crippen molar-refractivity contribution in [3.63, 3.8) is 0 Å². The molecule has 0 spiro atoms. The van der Waals surface area contributed by atoms with Gasteiger partial charge >= 0.3 is 5.97 Å². The van der Waals surface area contributed by atoms with Gasteiger partial charge < -0.3 is 9.84 Å². The van der Waals surface area contributed by atoms with Crippen LogP contribution in [0, 0.1) is 11.3 Å². The van der Waals surface area contributed by atoms with Gasteiger partial charge in [0.2, 0.25) is 0 Å². The molecule has 4 heteroatoms. The minimum Gasteiger partial charge on any atom is -0.492 e. The zero-order chi connectivity index (χ0) is 10.8. The molecule has 0 amide bonds. The third-order valence-electron chi connectivity index (χ3n) is 2.49. The van der Waals surface area contributed by atoms with Gasteiger partial charge in [0, 0.05) is 5.56 Å². The summed E-state index contributed by atoms with van der Waals surface area (Å²) in [5.41, 5.74) is 1.01. The number of rotatable bonds is 1. The van der Waals surface area contributed by atoms with E-state index in [1.165, 1.54) is 0 Å². The van der Waals surface area contributed by atoms with E-state index in [-0.39, 0.29) is 0 Å². The van der Waals surface area contributed by atoms with Crippen LogP contribution in [0.2, 0.25) is 0 Å². The van der Waals surface area contributed by atoms with Crippen molar-refractivity contribution >= 4 is 5.97 Å². The Morgan fingerprint density at radius 2 is 2.40 bits per heavy atom. The fourth-order valence-electron chi connectivity index (χ4n) is 1.77. The Hall–Kier alpha value is -2.02. The molecule has 0 aromatic heterocycles. The number of aliphatic carboxylic acids is 1. The summed E-state index contributed by atoms with van der Waals surface area (Å²) in [5, 5.41) is 17.9. The number of benzene rings is 1. The number of hydrogen-bond donors (Lipinski definition) is 1. The number of nitrogens with zero attached hydrogens (tertiary/aromatic N) is 1. The summed E-state index contributed by atoms with van der Waals surface area (Å²) < 4.78 is 5.34. The second-order valence-corrected chi connectivity index (χ2v) is 3.36. The first-order valence-corrected chi connectivity index (χ1v) is 4.62. The molecule has 0 radical (unpaired) electrons. The van der Waals surface area contributed by atoms with Gasteiger partial charge in [0.25, 0.3) is 0 Å². The van der Waals surface area contributed by atoms with Crippen LogP contribution in [0.3, 0.4) is 0 Å². The normalized spacial score (nSPS) is 18.5. The molecule has 0 saturated heterocycles. The zero-order valence-electron chi connectivity index (χ0n) is 7.93. The Morgan fingerprint density at radius 3 is 3.07 bits per heavy atom. The molecule has 0 fully saturated rings. The number of nitriles is 1. The van der Waals surface area contributed by atoms with Crippen LogP contribution in [0.4, 0.5) is 0 Å². The predicted molar refractivity (Wildman–Crippen MR) is 51.6 cm³/mol. The summed E-state index contributed by atoms with van der Waals surface area (Å²) in [6.07, 6.45) is 0.456. The van der Waals surface area contributed by atoms with Crippen LogP contribution in [0.15, 0.2) is 18.2 Å². The van der Waals surface area contributed by atoms with Crippen LogP contribution in [0.1, 0.15) is 23.5 Å². The van der Waals surface area contributed by atoms with Gasteiger partial charge in [0.15, 0.2) is 0 Å². The van der Waals surface area contributed by atoms with E-state index in [1.807, 2.05) is 6.07 Å². The molecule has 1 aromatic rings. The number of para-hydroxylation sites is 1. The Morgan fingerprint density at radius 1 is 1.60 bits per heavy atom. The topological polar surface area (TPSA) is 70.3 Å². The summed E-state index contributed by atoms with van der Waals surface area (Å²) in [5.74, 6) is -0.990. The highest BCUT2D eigenvalue weighted by Crippen LogP contribution is 2.35. The maximum atomic E-state index is 11.0. The molecule has 1 atom stereocenters. The lowest BCUT2D eigenvalue weighted by molar-refractivity contribution is -0.139. The number of fused-ring (bicyclic) bond motifs is 1. The van der Waals surface area contributed by atoms with Gasteiger partial charge in [-0.3, -0.25) is 4.79 Å². The lowest BCUT2D eigenvalue weighted by Crippen LogP contribution is -2.21. The lowest BCUT2D eigenvalue weighted by atomic mass is 9.92. The fraction of sp³-hybridized carbons (Fsp3) is 0.273. The molecule has 0 saturated carbocycles. The average molecular weight is 203 g/mol. The van der Waals surface area contributed by atoms with E-state index in [0.29, 0.717) is 29.9 Å². The van der Waals surface area contributed by atoms with E-state index in [9.17, 15) is 4.79 Å². The van der Waals surface area contributed by atoms with Crippen molar-refractivity contribution in [3.05, 3.63) is 29.3 Å². The van der Waals surface area contributed by atoms with E-state index < -0.39 is 11.9 Å². The first kappa shape index (κ1) is 9.53. The number of carboxylic acid groups (broad SMARTS) is 1. The molecule has 1 aliphatic heterocycles. The molecule has 0 unspecified atom stereocenters. The number of ether oxygens (including phenoxy) is 1. The van der Waals surface area contributed by atoms with Gasteiger partial charge in [-0.1, -0.05) is 12.1 Å². The monoisotopic (exact) mass is 203 g/mol. The molecule has 1 heterocycles. The second kappa shape index (κ2) is 3.62. The number of carbonyl (C=O) groups is 1. The molecule has 1 aromatic carbocycles. The third kappa shape index (κ3) is 1.52.